The van der Waals surface area contributed by atoms with E-state index in [1.165, 1.54) is 0 Å². The first-order chi connectivity index (χ1) is 23.0. The minimum absolute atomic E-state index is 0.249. The van der Waals surface area contributed by atoms with Gasteiger partial charge < -0.3 is 58.3 Å². The van der Waals surface area contributed by atoms with Crippen molar-refractivity contribution in [2.45, 2.75) is 20.3 Å². The van der Waals surface area contributed by atoms with Crippen LogP contribution in [0.3, 0.4) is 0 Å². The molecule has 18 heteroatoms. The Kier molecular flexibility index (Phi) is 43.2. The van der Waals surface area contributed by atoms with Crippen molar-refractivity contribution < 1.29 is 77.5 Å². The Morgan fingerprint density at radius 1 is 0.604 bits per heavy atom. The van der Waals surface area contributed by atoms with E-state index < -0.39 is 23.9 Å². The molecule has 0 aromatic carbocycles. The van der Waals surface area contributed by atoms with Crippen molar-refractivity contribution >= 4 is 48.3 Å². The number of carbonyl (C=O) groups is 4. The van der Waals surface area contributed by atoms with Gasteiger partial charge in [0, 0.05) is 18.1 Å². The summed E-state index contributed by atoms with van der Waals surface area (Å²) in [5, 5.41) is 33.5. The van der Waals surface area contributed by atoms with Crippen LogP contribution in [0, 0.1) is 11.8 Å². The highest BCUT2D eigenvalue weighted by Crippen LogP contribution is 2.09. The van der Waals surface area contributed by atoms with E-state index in [1.807, 2.05) is 0 Å². The van der Waals surface area contributed by atoms with E-state index in [-0.39, 0.29) is 38.3 Å². The molecule has 0 bridgehead atoms. The third kappa shape index (κ3) is 48.4. The average Bonchev–Trinajstić information content (AvgIpc) is 3.04. The number of thiol groups is 1. The van der Waals surface area contributed by atoms with Gasteiger partial charge in [-0.3, -0.25) is 9.59 Å². The van der Waals surface area contributed by atoms with Gasteiger partial charge in [-0.15, -0.1) is 6.58 Å². The van der Waals surface area contributed by atoms with Crippen LogP contribution in [0.25, 0.3) is 0 Å². The molecule has 0 aromatic heterocycles. The summed E-state index contributed by atoms with van der Waals surface area (Å²) >= 11 is 5.40. The molecular weight excluding hydrogens is 680 g/mol. The molecule has 0 fully saturated rings. The Hall–Kier alpha value is -2.00. The molecule has 0 aliphatic carbocycles. The second-order valence-electron chi connectivity index (χ2n) is 9.41. The van der Waals surface area contributed by atoms with Crippen molar-refractivity contribution in [1.82, 2.24) is 0 Å². The van der Waals surface area contributed by atoms with Gasteiger partial charge >= 0.3 is 23.9 Å². The van der Waals surface area contributed by atoms with Gasteiger partial charge in [0.25, 0.3) is 0 Å². The van der Waals surface area contributed by atoms with Gasteiger partial charge in [-0.1, -0.05) is 19.9 Å². The number of carboxylic acid groups (broad SMARTS) is 4. The predicted octanol–water partition coefficient (Wildman–Crippen LogP) is 1.94. The Balaban J connectivity index is -0.000000729. The van der Waals surface area contributed by atoms with Gasteiger partial charge in [-0.2, -0.15) is 24.4 Å². The predicted molar refractivity (Wildman–Crippen MR) is 181 cm³/mol. The van der Waals surface area contributed by atoms with E-state index in [0.717, 1.165) is 12.2 Å². The zero-order chi connectivity index (χ0) is 36.7. The van der Waals surface area contributed by atoms with E-state index in [4.69, 9.17) is 58.3 Å². The van der Waals surface area contributed by atoms with Crippen molar-refractivity contribution in [2.24, 2.45) is 11.8 Å². The molecule has 0 rings (SSSR count). The normalized spacial score (nSPS) is 11.7. The highest BCUT2D eigenvalue weighted by Gasteiger charge is 2.09. The second-order valence-corrected chi connectivity index (χ2v) is 10.9. The van der Waals surface area contributed by atoms with Crippen molar-refractivity contribution in [1.29, 1.82) is 0 Å². The lowest BCUT2D eigenvalue weighted by Crippen LogP contribution is -2.14. The molecule has 0 aromatic rings. The lowest BCUT2D eigenvalue weighted by molar-refractivity contribution is -0.143. The molecule has 0 saturated heterocycles. The van der Waals surface area contributed by atoms with E-state index in [2.05, 4.69) is 19.2 Å². The molecule has 0 unspecified atom stereocenters. The maximum atomic E-state index is 10.6. The maximum absolute atomic E-state index is 10.6. The van der Waals surface area contributed by atoms with E-state index in [9.17, 15) is 19.2 Å². The van der Waals surface area contributed by atoms with Crippen molar-refractivity contribution in [2.75, 3.05) is 123 Å². The molecule has 0 aliphatic heterocycles. The third-order valence-electron chi connectivity index (χ3n) is 4.98. The molecule has 16 nitrogen and oxygen atoms in total. The Bertz CT molecular complexity index is 775. The first-order valence-corrected chi connectivity index (χ1v) is 17.1. The first kappa shape index (κ1) is 50.4. The van der Waals surface area contributed by atoms with Crippen LogP contribution in [-0.4, -0.2) is 167 Å². The minimum Gasteiger partial charge on any atom is -0.481 e. The number of hydrogen-bond acceptors (Lipinski definition) is 14. The Labute approximate surface area is 293 Å². The fourth-order valence-electron chi connectivity index (χ4n) is 2.38. The molecule has 0 heterocycles. The van der Waals surface area contributed by atoms with Gasteiger partial charge in [0.05, 0.1) is 97.7 Å². The molecule has 48 heavy (non-hydrogen) atoms. The fraction of sp³-hybridized carbons (Fsp3) is 0.800. The van der Waals surface area contributed by atoms with Crippen LogP contribution in [0.1, 0.15) is 20.3 Å². The lowest BCUT2D eigenvalue weighted by Gasteiger charge is -2.07. The van der Waals surface area contributed by atoms with Gasteiger partial charge in [0.15, 0.2) is 0 Å². The van der Waals surface area contributed by atoms with Gasteiger partial charge in [-0.25, -0.2) is 9.59 Å². The topological polar surface area (TPSA) is 223 Å². The van der Waals surface area contributed by atoms with Gasteiger partial charge in [0.2, 0.25) is 0 Å². The summed E-state index contributed by atoms with van der Waals surface area (Å²) in [6, 6.07) is 0. The van der Waals surface area contributed by atoms with Crippen LogP contribution < -0.4 is 0 Å². The van der Waals surface area contributed by atoms with E-state index in [0.29, 0.717) is 90.8 Å². The lowest BCUT2D eigenvalue weighted by atomic mass is 10.2. The van der Waals surface area contributed by atoms with Crippen LogP contribution in [0.2, 0.25) is 0 Å². The van der Waals surface area contributed by atoms with Gasteiger partial charge in [0.1, 0.15) is 13.2 Å². The van der Waals surface area contributed by atoms with Crippen molar-refractivity contribution in [3.05, 3.63) is 12.7 Å². The maximum Gasteiger partial charge on any atom is 0.329 e. The number of hydrogen-bond donors (Lipinski definition) is 5. The molecule has 0 spiro atoms. The van der Waals surface area contributed by atoms with Crippen molar-refractivity contribution in [3.63, 3.8) is 0 Å². The van der Waals surface area contributed by atoms with Crippen LogP contribution >= 0.6 is 24.4 Å². The largest absolute Gasteiger partial charge is 0.481 e. The standard InChI is InChI=1S/C15H28O8S.C11H20O6.C4H8O2S/c1-13(15(18)19)12-24-10-2-3-20-4-5-21-6-7-22-8-9-23-11-14(16)17;1-2-3-14-4-5-15-6-7-16-8-9-17-10-11(12)13;1-3(2-7)4(5)6/h13H,2-12H2,1H3,(H,16,17)(H,18,19);2H,1,3-10H2,(H,12,13);3,7H,2H2,1H3,(H,5,6)/t13-;;3-/m0.0/s1. The number of thioether (sulfide) groups is 1. The highest BCUT2D eigenvalue weighted by molar-refractivity contribution is 7.99. The monoisotopic (exact) mass is 736 g/mol. The number of carboxylic acids is 4. The highest BCUT2D eigenvalue weighted by atomic mass is 32.2. The minimum atomic E-state index is -0.994. The summed E-state index contributed by atoms with van der Waals surface area (Å²) in [5.74, 6) is -2.22. The quantitative estimate of drug-likeness (QED) is 0.0369. The second kappa shape index (κ2) is 41.2. The number of ether oxygens (including phenoxy) is 8. The summed E-state index contributed by atoms with van der Waals surface area (Å²) in [4.78, 5) is 40.7. The van der Waals surface area contributed by atoms with E-state index in [1.54, 1.807) is 31.7 Å². The molecule has 284 valence electrons. The zero-order valence-electron chi connectivity index (χ0n) is 28.1. The van der Waals surface area contributed by atoms with Crippen LogP contribution in [-0.2, 0) is 57.1 Å². The summed E-state index contributed by atoms with van der Waals surface area (Å²) in [7, 11) is 0. The van der Waals surface area contributed by atoms with Gasteiger partial charge in [-0.05, 0) is 12.2 Å². The van der Waals surface area contributed by atoms with E-state index >= 15 is 0 Å². The Morgan fingerprint density at radius 2 is 0.958 bits per heavy atom. The van der Waals surface area contributed by atoms with Crippen LogP contribution in [0.4, 0.5) is 0 Å². The average molecular weight is 737 g/mol. The summed E-state index contributed by atoms with van der Waals surface area (Å²) in [6.07, 6.45) is 2.57. The summed E-state index contributed by atoms with van der Waals surface area (Å²) in [6.45, 7) is 12.5. The Morgan fingerprint density at radius 3 is 1.27 bits per heavy atom. The smallest absolute Gasteiger partial charge is 0.329 e. The number of rotatable bonds is 33. The molecule has 0 saturated carbocycles. The SMILES string of the molecule is C=CCOCCOCCOCCOCC(=O)O.C[C@@H](CS)C(=O)O.C[C@@H](CSCCCOCCOCCOCCOCC(=O)O)C(=O)O. The van der Waals surface area contributed by atoms with Crippen LogP contribution in [0.15, 0.2) is 12.7 Å². The van der Waals surface area contributed by atoms with Crippen LogP contribution in [0.5, 0.6) is 0 Å². The molecule has 0 aliphatic rings. The number of aliphatic carboxylic acids is 4. The molecule has 0 radical (unpaired) electrons. The molecule has 4 N–H and O–H groups in total. The molecule has 0 amide bonds. The summed E-state index contributed by atoms with van der Waals surface area (Å²) in [5.41, 5.74) is 0. The molecular formula is C30H56O16S2. The fourth-order valence-corrected chi connectivity index (χ4v) is 3.52. The third-order valence-corrected chi connectivity index (χ3v) is 6.84. The molecule has 2 atom stereocenters. The first-order valence-electron chi connectivity index (χ1n) is 15.3. The van der Waals surface area contributed by atoms with Crippen molar-refractivity contribution in [3.8, 4) is 0 Å². The zero-order valence-corrected chi connectivity index (χ0v) is 29.8. The summed E-state index contributed by atoms with van der Waals surface area (Å²) < 4.78 is 40.9.